The first-order chi connectivity index (χ1) is 21.9. The molecular weight excluding hydrogens is 598 g/mol. The Morgan fingerprint density at radius 2 is 1.78 bits per heavy atom. The highest BCUT2D eigenvalue weighted by Crippen LogP contribution is 2.32. The summed E-state index contributed by atoms with van der Waals surface area (Å²) in [6.45, 7) is 5.62. The maximum atomic E-state index is 13.8. The first-order valence-electron chi connectivity index (χ1n) is 14.9. The lowest BCUT2D eigenvalue weighted by atomic mass is 9.87. The second-order valence-electron chi connectivity index (χ2n) is 11.4. The molecule has 0 bridgehead atoms. The Kier molecular flexibility index (Phi) is 12.7. The van der Waals surface area contributed by atoms with E-state index >= 15 is 0 Å². The number of benzene rings is 2. The summed E-state index contributed by atoms with van der Waals surface area (Å²) in [5.74, 6) is -2.79. The number of hydrogen-bond donors (Lipinski definition) is 1. The van der Waals surface area contributed by atoms with E-state index in [1.165, 1.54) is 33.0 Å². The number of ketones is 1. The largest absolute Gasteiger partial charge is 0.493 e. The minimum atomic E-state index is -1.33. The van der Waals surface area contributed by atoms with Gasteiger partial charge in [-0.2, -0.15) is 0 Å². The van der Waals surface area contributed by atoms with Crippen molar-refractivity contribution in [3.05, 3.63) is 66.2 Å². The number of aliphatic carboxylic acids is 1. The van der Waals surface area contributed by atoms with Gasteiger partial charge in [-0.05, 0) is 81.3 Å². The molecule has 0 aliphatic carbocycles. The number of carboxylic acids is 1. The van der Waals surface area contributed by atoms with Crippen molar-refractivity contribution in [1.82, 2.24) is 4.90 Å². The summed E-state index contributed by atoms with van der Waals surface area (Å²) in [4.78, 5) is 64.3. The van der Waals surface area contributed by atoms with Crippen LogP contribution in [0.2, 0.25) is 0 Å². The zero-order chi connectivity index (χ0) is 33.9. The number of esters is 2. The number of piperidine rings is 1. The molecule has 1 fully saturated rings. The van der Waals surface area contributed by atoms with Crippen molar-refractivity contribution >= 4 is 29.6 Å². The maximum absolute atomic E-state index is 13.8. The lowest BCUT2D eigenvalue weighted by molar-refractivity contribution is -0.165. The summed E-state index contributed by atoms with van der Waals surface area (Å²) in [5, 5.41) is 9.04. The van der Waals surface area contributed by atoms with Crippen molar-refractivity contribution in [3.63, 3.8) is 0 Å². The summed E-state index contributed by atoms with van der Waals surface area (Å²) in [6, 6.07) is 11.1. The van der Waals surface area contributed by atoms with Crippen LogP contribution >= 0.6 is 0 Å². The first-order valence-corrected chi connectivity index (χ1v) is 14.9. The molecule has 2 aromatic carbocycles. The van der Waals surface area contributed by atoms with E-state index in [1.54, 1.807) is 30.3 Å². The molecule has 46 heavy (non-hydrogen) atoms. The minimum Gasteiger partial charge on any atom is -0.493 e. The zero-order valence-corrected chi connectivity index (χ0v) is 26.6. The van der Waals surface area contributed by atoms with Gasteiger partial charge in [0.05, 0.1) is 19.6 Å². The van der Waals surface area contributed by atoms with Crippen LogP contribution in [0.1, 0.15) is 56.8 Å². The van der Waals surface area contributed by atoms with Gasteiger partial charge in [0.2, 0.25) is 5.78 Å². The van der Waals surface area contributed by atoms with Crippen LogP contribution in [-0.4, -0.2) is 79.6 Å². The summed E-state index contributed by atoms with van der Waals surface area (Å²) in [7, 11) is 3.07. The number of rotatable bonds is 16. The Morgan fingerprint density at radius 3 is 2.46 bits per heavy atom. The molecule has 1 heterocycles. The van der Waals surface area contributed by atoms with E-state index in [2.05, 4.69) is 6.58 Å². The zero-order valence-electron chi connectivity index (χ0n) is 26.6. The van der Waals surface area contributed by atoms with Crippen molar-refractivity contribution in [2.45, 2.75) is 58.1 Å². The average molecular weight is 640 g/mol. The van der Waals surface area contributed by atoms with Crippen LogP contribution in [0.15, 0.2) is 55.1 Å². The number of Topliss-reactive ketones (excluding diaryl/α,β-unsaturated/α-hetero) is 1. The Labute approximate surface area is 268 Å². The summed E-state index contributed by atoms with van der Waals surface area (Å²) < 4.78 is 27.2. The third kappa shape index (κ3) is 9.56. The van der Waals surface area contributed by atoms with Gasteiger partial charge < -0.3 is 33.7 Å². The number of nitrogens with zero attached hydrogens (tertiary/aromatic N) is 1. The molecule has 0 aromatic heterocycles. The van der Waals surface area contributed by atoms with Crippen molar-refractivity contribution in [1.29, 1.82) is 0 Å². The van der Waals surface area contributed by atoms with Crippen molar-refractivity contribution in [3.8, 4) is 17.2 Å². The summed E-state index contributed by atoms with van der Waals surface area (Å²) >= 11 is 0. The smallest absolute Gasteiger partial charge is 0.341 e. The van der Waals surface area contributed by atoms with E-state index in [-0.39, 0.29) is 18.9 Å². The van der Waals surface area contributed by atoms with Crippen LogP contribution < -0.4 is 14.2 Å². The molecule has 1 unspecified atom stereocenters. The number of methoxy groups -OCH3 is 2. The maximum Gasteiger partial charge on any atom is 0.341 e. The van der Waals surface area contributed by atoms with E-state index in [0.29, 0.717) is 49.2 Å². The molecule has 248 valence electrons. The van der Waals surface area contributed by atoms with Gasteiger partial charge in [-0.3, -0.25) is 9.59 Å². The van der Waals surface area contributed by atoms with Gasteiger partial charge in [0, 0.05) is 12.6 Å². The molecule has 3 rings (SSSR count). The van der Waals surface area contributed by atoms with Crippen LogP contribution in [0.5, 0.6) is 17.2 Å². The summed E-state index contributed by atoms with van der Waals surface area (Å²) in [5.41, 5.74) is 0.114. The molecular formula is C34H41NO11. The van der Waals surface area contributed by atoms with Gasteiger partial charge in [-0.1, -0.05) is 24.8 Å². The molecule has 2 aromatic rings. The molecule has 12 heteroatoms. The number of ether oxygens (including phenoxy) is 5. The predicted molar refractivity (Wildman–Crippen MR) is 166 cm³/mol. The van der Waals surface area contributed by atoms with Gasteiger partial charge in [0.15, 0.2) is 18.1 Å². The third-order valence-corrected chi connectivity index (χ3v) is 7.58. The Hall–Kier alpha value is -4.87. The fourth-order valence-corrected chi connectivity index (χ4v) is 5.01. The third-order valence-electron chi connectivity index (χ3n) is 7.58. The average Bonchev–Trinajstić information content (AvgIpc) is 3.07. The van der Waals surface area contributed by atoms with Gasteiger partial charge >= 0.3 is 17.9 Å². The fraction of sp³-hybridized carbons (Fsp3) is 0.441. The topological polar surface area (TPSA) is 155 Å². The Morgan fingerprint density at radius 1 is 1.04 bits per heavy atom. The molecule has 1 amide bonds. The number of likely N-dealkylation sites (tertiary alicyclic amines) is 1. The normalized spacial score (nSPS) is 15.2. The Balaban J connectivity index is 1.85. The van der Waals surface area contributed by atoms with Gasteiger partial charge in [0.25, 0.3) is 5.91 Å². The second kappa shape index (κ2) is 16.4. The lowest BCUT2D eigenvalue weighted by Crippen LogP contribution is -2.53. The molecule has 12 nitrogen and oxygen atoms in total. The minimum absolute atomic E-state index is 0.182. The second-order valence-corrected chi connectivity index (χ2v) is 11.4. The van der Waals surface area contributed by atoms with E-state index in [0.717, 1.165) is 11.6 Å². The van der Waals surface area contributed by atoms with E-state index in [4.69, 9.17) is 28.8 Å². The van der Waals surface area contributed by atoms with E-state index in [9.17, 15) is 24.0 Å². The van der Waals surface area contributed by atoms with Gasteiger partial charge in [-0.25, -0.2) is 14.4 Å². The Bertz CT molecular complexity index is 1430. The quantitative estimate of drug-likeness (QED) is 0.160. The van der Waals surface area contributed by atoms with Gasteiger partial charge in [-0.15, -0.1) is 0 Å². The number of hydrogen-bond acceptors (Lipinski definition) is 10. The number of carbonyl (C=O) groups is 5. The number of carbonyl (C=O) groups excluding carboxylic acids is 4. The highest BCUT2D eigenvalue weighted by atomic mass is 16.5. The standard InChI is InChI=1S/C34H41NO11/c1-6-30(38)45-21-34(2,3)31(39)32(40)35-17-8-7-12-25(35)33(41)46-26(23-10-9-11-24(19-23)44-20-29(36)37)15-13-22-14-16-27(42-4)28(18-22)43-5/h6,9-11,14,16,18-19,25-26H,1,7-8,12-13,15,17,20-21H2,2-5H3,(H,36,37)/t25?,26-/m1/s1. The van der Waals surface area contributed by atoms with Crippen LogP contribution in [0, 0.1) is 5.41 Å². The molecule has 2 atom stereocenters. The first kappa shape index (κ1) is 35.6. The van der Waals surface area contributed by atoms with Crippen LogP contribution in [-0.2, 0) is 39.9 Å². The fourth-order valence-electron chi connectivity index (χ4n) is 5.01. The van der Waals surface area contributed by atoms with Crippen LogP contribution in [0.25, 0.3) is 0 Å². The highest BCUT2D eigenvalue weighted by Gasteiger charge is 2.42. The molecule has 1 N–H and O–H groups in total. The molecule has 0 spiro atoms. The van der Waals surface area contributed by atoms with Gasteiger partial charge in [0.1, 0.15) is 24.5 Å². The van der Waals surface area contributed by atoms with Crippen molar-refractivity contribution < 1.29 is 52.8 Å². The SMILES string of the molecule is C=CC(=O)OCC(C)(C)C(=O)C(=O)N1CCCCC1C(=O)O[C@H](CCc1ccc(OC)c(OC)c1)c1cccc(OCC(=O)O)c1. The van der Waals surface area contributed by atoms with E-state index < -0.39 is 53.8 Å². The number of carboxylic acid groups (broad SMARTS) is 1. The van der Waals surface area contributed by atoms with Crippen molar-refractivity contribution in [2.24, 2.45) is 5.41 Å². The predicted octanol–water partition coefficient (Wildman–Crippen LogP) is 4.09. The van der Waals surface area contributed by atoms with E-state index in [1.807, 2.05) is 12.1 Å². The monoisotopic (exact) mass is 639 g/mol. The summed E-state index contributed by atoms with van der Waals surface area (Å²) in [6.07, 6.45) is 2.49. The number of aryl methyl sites for hydroxylation is 1. The molecule has 0 radical (unpaired) electrons. The lowest BCUT2D eigenvalue weighted by Gasteiger charge is -2.36. The molecule has 1 aliphatic heterocycles. The van der Waals surface area contributed by atoms with Crippen molar-refractivity contribution in [2.75, 3.05) is 34.0 Å². The van der Waals surface area contributed by atoms with Crippen LogP contribution in [0.4, 0.5) is 0 Å². The molecule has 0 saturated carbocycles. The van der Waals surface area contributed by atoms with Crippen LogP contribution in [0.3, 0.4) is 0 Å². The number of amides is 1. The highest BCUT2D eigenvalue weighted by molar-refractivity contribution is 6.38. The molecule has 1 saturated heterocycles. The molecule has 1 aliphatic rings.